The number of ether oxygens (including phenoxy) is 2. The lowest BCUT2D eigenvalue weighted by Gasteiger charge is -2.24. The van der Waals surface area contributed by atoms with Crippen LogP contribution in [-0.2, 0) is 25.7 Å². The van der Waals surface area contributed by atoms with Crippen molar-refractivity contribution < 1.29 is 23.9 Å². The predicted octanol–water partition coefficient (Wildman–Crippen LogP) is 2.98. The van der Waals surface area contributed by atoms with E-state index in [1.165, 1.54) is 0 Å². The van der Waals surface area contributed by atoms with Gasteiger partial charge < -0.3 is 14.8 Å². The summed E-state index contributed by atoms with van der Waals surface area (Å²) in [5.74, 6) is -0.900. The predicted molar refractivity (Wildman–Crippen MR) is 92.8 cm³/mol. The Balaban J connectivity index is 2.64. The summed E-state index contributed by atoms with van der Waals surface area (Å²) in [6, 6.07) is 8.05. The Labute approximate surface area is 150 Å². The minimum absolute atomic E-state index is 0.0695. The number of hydrogen-bond donors (Lipinski definition) is 1. The Hall–Kier alpha value is -1.89. The molecule has 1 atom stereocenters. The van der Waals surface area contributed by atoms with Crippen LogP contribution in [0.25, 0.3) is 0 Å². The van der Waals surface area contributed by atoms with Crippen molar-refractivity contribution in [2.24, 2.45) is 0 Å². The summed E-state index contributed by atoms with van der Waals surface area (Å²) in [5.41, 5.74) is 0.0978. The molecule has 0 aromatic heterocycles. The molecule has 0 aliphatic heterocycles. The molecule has 0 spiro atoms. The lowest BCUT2D eigenvalue weighted by atomic mass is 10.1. The normalized spacial score (nSPS) is 12.2. The third kappa shape index (κ3) is 8.10. The summed E-state index contributed by atoms with van der Waals surface area (Å²) in [7, 11) is 0. The largest absolute Gasteiger partial charge is 0.458 e. The molecule has 0 aliphatic rings. The van der Waals surface area contributed by atoms with E-state index in [0.717, 1.165) is 5.56 Å². The Kier molecular flexibility index (Phi) is 7.91. The highest BCUT2D eigenvalue weighted by Crippen LogP contribution is 2.11. The Bertz CT molecular complexity index is 568. The molecular formula is C17H22BrNO5. The molecule has 0 bridgehead atoms. The first kappa shape index (κ1) is 20.2. The van der Waals surface area contributed by atoms with Gasteiger partial charge in [-0.2, -0.15) is 0 Å². The van der Waals surface area contributed by atoms with Crippen molar-refractivity contribution in [1.82, 2.24) is 5.32 Å². The number of benzene rings is 1. The summed E-state index contributed by atoms with van der Waals surface area (Å²) in [4.78, 5) is 35.7. The second kappa shape index (κ2) is 9.42. The summed E-state index contributed by atoms with van der Waals surface area (Å²) in [6.45, 7) is 5.20. The van der Waals surface area contributed by atoms with Gasteiger partial charge in [0.2, 0.25) is 0 Å². The number of Topliss-reactive ketones (excluding diaryl/α,β-unsaturated/α-hetero) is 1. The summed E-state index contributed by atoms with van der Waals surface area (Å²) in [6.07, 6.45) is -0.947. The highest BCUT2D eigenvalue weighted by Gasteiger charge is 2.28. The smallest absolute Gasteiger partial charge is 0.408 e. The zero-order chi connectivity index (χ0) is 18.2. The number of ketones is 1. The molecule has 1 N–H and O–H groups in total. The van der Waals surface area contributed by atoms with Crippen molar-refractivity contribution in [1.29, 1.82) is 0 Å². The molecule has 0 saturated carbocycles. The molecule has 1 aromatic carbocycles. The van der Waals surface area contributed by atoms with Gasteiger partial charge in [0.1, 0.15) is 24.0 Å². The van der Waals surface area contributed by atoms with Crippen molar-refractivity contribution in [2.75, 3.05) is 5.33 Å². The molecule has 1 aromatic rings. The summed E-state index contributed by atoms with van der Waals surface area (Å²) >= 11 is 3.04. The van der Waals surface area contributed by atoms with Crippen molar-refractivity contribution in [3.63, 3.8) is 0 Å². The van der Waals surface area contributed by atoms with Gasteiger partial charge in [-0.1, -0.05) is 46.3 Å². The average molecular weight is 400 g/mol. The van der Waals surface area contributed by atoms with E-state index in [4.69, 9.17) is 9.47 Å². The SMILES string of the molecule is CC(C)(C)OC(=O)C(CC(=O)CBr)NC(=O)OCc1ccccc1. The van der Waals surface area contributed by atoms with E-state index in [1.54, 1.807) is 20.8 Å². The Morgan fingerprint density at radius 3 is 2.33 bits per heavy atom. The van der Waals surface area contributed by atoms with E-state index in [9.17, 15) is 14.4 Å². The number of rotatable bonds is 7. The number of esters is 1. The molecule has 7 heteroatoms. The minimum atomic E-state index is -1.09. The number of carbonyl (C=O) groups excluding carboxylic acids is 3. The maximum atomic E-state index is 12.2. The summed E-state index contributed by atoms with van der Waals surface area (Å²) < 4.78 is 10.3. The topological polar surface area (TPSA) is 81.7 Å². The van der Waals surface area contributed by atoms with Gasteiger partial charge in [0.05, 0.1) is 5.33 Å². The van der Waals surface area contributed by atoms with Gasteiger partial charge in [0.15, 0.2) is 0 Å². The monoisotopic (exact) mass is 399 g/mol. The van der Waals surface area contributed by atoms with E-state index in [-0.39, 0.29) is 24.1 Å². The number of alkyl halides is 1. The quantitative estimate of drug-likeness (QED) is 0.562. The number of amides is 1. The molecule has 0 radical (unpaired) electrons. The molecule has 0 fully saturated rings. The first-order valence-corrected chi connectivity index (χ1v) is 8.61. The van der Waals surface area contributed by atoms with Gasteiger partial charge >= 0.3 is 12.1 Å². The lowest BCUT2D eigenvalue weighted by molar-refractivity contribution is -0.158. The van der Waals surface area contributed by atoms with E-state index >= 15 is 0 Å². The molecule has 0 saturated heterocycles. The molecule has 0 aliphatic carbocycles. The summed E-state index contributed by atoms with van der Waals surface area (Å²) in [5, 5.41) is 2.49. The number of alkyl carbamates (subject to hydrolysis) is 1. The van der Waals surface area contributed by atoms with Crippen LogP contribution in [0.1, 0.15) is 32.8 Å². The van der Waals surface area contributed by atoms with Gasteiger partial charge in [-0.15, -0.1) is 0 Å². The van der Waals surface area contributed by atoms with Crippen molar-refractivity contribution in [3.05, 3.63) is 35.9 Å². The second-order valence-electron chi connectivity index (χ2n) is 6.17. The molecular weight excluding hydrogens is 378 g/mol. The molecule has 1 amide bonds. The molecule has 1 unspecified atom stereocenters. The van der Waals surface area contributed by atoms with Gasteiger partial charge in [0, 0.05) is 6.42 Å². The maximum Gasteiger partial charge on any atom is 0.408 e. The average Bonchev–Trinajstić information content (AvgIpc) is 2.51. The minimum Gasteiger partial charge on any atom is -0.458 e. The highest BCUT2D eigenvalue weighted by molar-refractivity contribution is 9.09. The standard InChI is InChI=1S/C17H22BrNO5/c1-17(2,3)24-15(21)14(9-13(20)10-18)19-16(22)23-11-12-7-5-4-6-8-12/h4-8,14H,9-11H2,1-3H3,(H,19,22). The first-order valence-electron chi connectivity index (χ1n) is 7.49. The zero-order valence-electron chi connectivity index (χ0n) is 14.0. The van der Waals surface area contributed by atoms with Crippen molar-refractivity contribution >= 4 is 33.8 Å². The fraction of sp³-hybridized carbons (Fsp3) is 0.471. The van der Waals surface area contributed by atoms with Gasteiger partial charge in [-0.05, 0) is 26.3 Å². The van der Waals surface area contributed by atoms with E-state index in [0.29, 0.717) is 0 Å². The molecule has 6 nitrogen and oxygen atoms in total. The van der Waals surface area contributed by atoms with Crippen LogP contribution < -0.4 is 5.32 Å². The van der Waals surface area contributed by atoms with Crippen LogP contribution in [0.4, 0.5) is 4.79 Å². The van der Waals surface area contributed by atoms with Crippen LogP contribution >= 0.6 is 15.9 Å². The van der Waals surface area contributed by atoms with Crippen LogP contribution in [0, 0.1) is 0 Å². The Morgan fingerprint density at radius 1 is 1.17 bits per heavy atom. The molecule has 132 valence electrons. The third-order valence-corrected chi connectivity index (χ3v) is 3.40. The first-order chi connectivity index (χ1) is 11.2. The second-order valence-corrected chi connectivity index (χ2v) is 6.73. The fourth-order valence-electron chi connectivity index (χ4n) is 1.76. The van der Waals surface area contributed by atoms with Crippen LogP contribution in [0.3, 0.4) is 0 Å². The van der Waals surface area contributed by atoms with Crippen molar-refractivity contribution in [3.8, 4) is 0 Å². The van der Waals surface area contributed by atoms with E-state index < -0.39 is 23.7 Å². The molecule has 1 rings (SSSR count). The molecule has 24 heavy (non-hydrogen) atoms. The van der Waals surface area contributed by atoms with E-state index in [2.05, 4.69) is 21.2 Å². The van der Waals surface area contributed by atoms with Gasteiger partial charge in [0.25, 0.3) is 0 Å². The number of hydrogen-bond acceptors (Lipinski definition) is 5. The van der Waals surface area contributed by atoms with Crippen LogP contribution in [0.2, 0.25) is 0 Å². The van der Waals surface area contributed by atoms with E-state index in [1.807, 2.05) is 30.3 Å². The maximum absolute atomic E-state index is 12.2. The number of carbonyl (C=O) groups is 3. The third-order valence-electron chi connectivity index (χ3n) is 2.78. The lowest BCUT2D eigenvalue weighted by Crippen LogP contribution is -2.45. The fourth-order valence-corrected chi connectivity index (χ4v) is 1.98. The van der Waals surface area contributed by atoms with Crippen LogP contribution in [0.5, 0.6) is 0 Å². The molecule has 0 heterocycles. The number of halogens is 1. The Morgan fingerprint density at radius 2 is 1.79 bits per heavy atom. The van der Waals surface area contributed by atoms with Crippen LogP contribution in [0.15, 0.2) is 30.3 Å². The van der Waals surface area contributed by atoms with Crippen LogP contribution in [-0.4, -0.2) is 34.8 Å². The number of nitrogens with one attached hydrogen (secondary N) is 1. The van der Waals surface area contributed by atoms with Gasteiger partial charge in [-0.25, -0.2) is 9.59 Å². The zero-order valence-corrected chi connectivity index (χ0v) is 15.6. The van der Waals surface area contributed by atoms with Crippen molar-refractivity contribution in [2.45, 2.75) is 45.4 Å². The highest BCUT2D eigenvalue weighted by atomic mass is 79.9. The van der Waals surface area contributed by atoms with Gasteiger partial charge in [-0.3, -0.25) is 4.79 Å².